The summed E-state index contributed by atoms with van der Waals surface area (Å²) in [6.07, 6.45) is 5.44. The Morgan fingerprint density at radius 1 is 1.06 bits per heavy atom. The number of rotatable bonds is 0. The van der Waals surface area contributed by atoms with Crippen LogP contribution in [0.3, 0.4) is 0 Å². The minimum absolute atomic E-state index is 0.696. The first-order chi connectivity index (χ1) is 8.61. The molecule has 4 heteroatoms. The van der Waals surface area contributed by atoms with Gasteiger partial charge in [-0.3, -0.25) is 0 Å². The van der Waals surface area contributed by atoms with E-state index >= 15 is 0 Å². The molecule has 1 atom stereocenters. The van der Waals surface area contributed by atoms with Gasteiger partial charge in [0.15, 0.2) is 0 Å². The van der Waals surface area contributed by atoms with Crippen molar-refractivity contribution in [3.8, 4) is 0 Å². The molecule has 0 aliphatic heterocycles. The molecule has 0 heterocycles. The maximum atomic E-state index is 4.97. The molecule has 0 N–H and O–H groups in total. The second-order valence-corrected chi connectivity index (χ2v) is 12.5. The first-order valence-corrected chi connectivity index (χ1v) is 12.7. The van der Waals surface area contributed by atoms with Crippen molar-refractivity contribution < 1.29 is 14.7 Å². The Morgan fingerprint density at radius 3 is 2.39 bits per heavy atom. The average Bonchev–Trinajstić information content (AvgIpc) is 2.64. The fourth-order valence-corrected chi connectivity index (χ4v) is 3.05. The van der Waals surface area contributed by atoms with Gasteiger partial charge in [-0.15, -0.1) is 0 Å². The van der Waals surface area contributed by atoms with E-state index in [-0.39, 0.29) is 0 Å². The van der Waals surface area contributed by atoms with E-state index in [4.69, 9.17) is 27.9 Å². The van der Waals surface area contributed by atoms with Gasteiger partial charge in [0.05, 0.1) is 0 Å². The first kappa shape index (κ1) is 14.9. The molecule has 0 aromatic heterocycles. The first-order valence-electron chi connectivity index (χ1n) is 6.26. The molecule has 0 saturated heterocycles. The van der Waals surface area contributed by atoms with Gasteiger partial charge in [-0.1, -0.05) is 36.8 Å². The van der Waals surface area contributed by atoms with Gasteiger partial charge in [0.25, 0.3) is 0 Å². The van der Waals surface area contributed by atoms with Crippen molar-refractivity contribution >= 4 is 33.5 Å². The van der Waals surface area contributed by atoms with Crippen LogP contribution in [0.4, 0.5) is 0 Å². The SMILES string of the molecule is CC1C2=C(CCCC2)c2ccccc21.[Cl][Ti]([Cl])[Cl]. The number of halogens is 3. The predicted molar refractivity (Wildman–Crippen MR) is 77.8 cm³/mol. The normalized spacial score (nSPS) is 20.8. The third-order valence-corrected chi connectivity index (χ3v) is 3.79. The van der Waals surface area contributed by atoms with Gasteiger partial charge in [0, 0.05) is 5.92 Å². The van der Waals surface area contributed by atoms with Crippen LogP contribution in [-0.4, -0.2) is 0 Å². The predicted octanol–water partition coefficient (Wildman–Crippen LogP) is 6.20. The molecule has 2 aliphatic carbocycles. The third-order valence-electron chi connectivity index (χ3n) is 3.79. The van der Waals surface area contributed by atoms with Gasteiger partial charge in [-0.25, -0.2) is 0 Å². The molecule has 0 nitrogen and oxygen atoms in total. The van der Waals surface area contributed by atoms with E-state index in [0.717, 1.165) is 0 Å². The summed E-state index contributed by atoms with van der Waals surface area (Å²) < 4.78 is 0. The fraction of sp³-hybridized carbons (Fsp3) is 0.429. The molecular weight excluding hydrogens is 322 g/mol. The summed E-state index contributed by atoms with van der Waals surface area (Å²) in [5.74, 6) is 0.696. The molecule has 0 bridgehead atoms. The number of allylic oxidation sites excluding steroid dienone is 2. The van der Waals surface area contributed by atoms with Crippen LogP contribution in [0.1, 0.15) is 49.7 Å². The van der Waals surface area contributed by atoms with Crippen molar-refractivity contribution in [1.82, 2.24) is 0 Å². The molecule has 18 heavy (non-hydrogen) atoms. The summed E-state index contributed by atoms with van der Waals surface area (Å²) in [7, 11) is 14.9. The van der Waals surface area contributed by atoms with E-state index in [2.05, 4.69) is 31.2 Å². The number of hydrogen-bond acceptors (Lipinski definition) is 0. The van der Waals surface area contributed by atoms with Gasteiger partial charge in [0.2, 0.25) is 0 Å². The van der Waals surface area contributed by atoms with Crippen LogP contribution in [0, 0.1) is 0 Å². The van der Waals surface area contributed by atoms with E-state index in [9.17, 15) is 0 Å². The van der Waals surface area contributed by atoms with E-state index in [1.807, 2.05) is 0 Å². The van der Waals surface area contributed by atoms with Crippen LogP contribution in [0.5, 0.6) is 0 Å². The summed E-state index contributed by atoms with van der Waals surface area (Å²) in [4.78, 5) is 0. The zero-order valence-corrected chi connectivity index (χ0v) is 14.2. The molecule has 2 aliphatic rings. The van der Waals surface area contributed by atoms with Gasteiger partial charge < -0.3 is 0 Å². The summed E-state index contributed by atoms with van der Waals surface area (Å²) in [5, 5.41) is 0. The van der Waals surface area contributed by atoms with Crippen molar-refractivity contribution in [2.75, 3.05) is 0 Å². The second kappa shape index (κ2) is 6.82. The zero-order chi connectivity index (χ0) is 13.1. The van der Waals surface area contributed by atoms with E-state index in [1.54, 1.807) is 22.3 Å². The van der Waals surface area contributed by atoms with Crippen LogP contribution in [0.2, 0.25) is 0 Å². The Balaban J connectivity index is 0.000000267. The molecule has 0 radical (unpaired) electrons. The van der Waals surface area contributed by atoms with Crippen LogP contribution in [0.15, 0.2) is 29.8 Å². The van der Waals surface area contributed by atoms with E-state index in [1.165, 1.54) is 25.7 Å². The molecule has 97 valence electrons. The Morgan fingerprint density at radius 2 is 1.67 bits per heavy atom. The maximum absolute atomic E-state index is 4.97. The van der Waals surface area contributed by atoms with Crippen LogP contribution >= 0.6 is 27.9 Å². The Kier molecular flexibility index (Phi) is 5.66. The van der Waals surface area contributed by atoms with Gasteiger partial charge in [0.1, 0.15) is 0 Å². The van der Waals surface area contributed by atoms with Crippen molar-refractivity contribution in [2.24, 2.45) is 0 Å². The number of fused-ring (bicyclic) bond motifs is 2. The van der Waals surface area contributed by atoms with E-state index in [0.29, 0.717) is 5.92 Å². The quantitative estimate of drug-likeness (QED) is 0.494. The topological polar surface area (TPSA) is 0 Å². The third kappa shape index (κ3) is 3.35. The summed E-state index contributed by atoms with van der Waals surface area (Å²) >= 11 is -1.92. The zero-order valence-electron chi connectivity index (χ0n) is 10.3. The Labute approximate surface area is 127 Å². The standard InChI is InChI=1S/C14H16.3ClH.Ti/c1-10-11-6-2-4-8-13(11)14-9-5-3-7-12(10)14;;;;/h2,4,6,8,10H,3,5,7,9H2,1H3;3*1H;/q;;;;+3/p-3. The number of hydrogen-bond donors (Lipinski definition) is 0. The molecular formula is C14H16Cl3Ti. The van der Waals surface area contributed by atoms with Gasteiger partial charge in [-0.05, 0) is 42.4 Å². The van der Waals surface area contributed by atoms with Crippen LogP contribution < -0.4 is 0 Å². The number of benzene rings is 1. The Hall–Kier alpha value is 0.544. The second-order valence-electron chi connectivity index (χ2n) is 4.73. The van der Waals surface area contributed by atoms with Crippen molar-refractivity contribution in [1.29, 1.82) is 0 Å². The fourth-order valence-electron chi connectivity index (χ4n) is 3.05. The molecule has 0 fully saturated rings. The molecule has 0 saturated carbocycles. The van der Waals surface area contributed by atoms with Crippen molar-refractivity contribution in [2.45, 2.75) is 38.5 Å². The van der Waals surface area contributed by atoms with Gasteiger partial charge in [-0.2, -0.15) is 0 Å². The molecule has 1 aromatic rings. The molecule has 1 unspecified atom stereocenters. The molecule has 1 aromatic carbocycles. The summed E-state index contributed by atoms with van der Waals surface area (Å²) in [6.45, 7) is 2.37. The molecule has 3 rings (SSSR count). The summed E-state index contributed by atoms with van der Waals surface area (Å²) in [5.41, 5.74) is 6.53. The monoisotopic (exact) mass is 337 g/mol. The van der Waals surface area contributed by atoms with Crippen LogP contribution in [-0.2, 0) is 14.7 Å². The minimum atomic E-state index is -1.92. The average molecular weight is 339 g/mol. The summed E-state index contributed by atoms with van der Waals surface area (Å²) in [6, 6.07) is 8.96. The Bertz CT molecular complexity index is 451. The van der Waals surface area contributed by atoms with Crippen molar-refractivity contribution in [3.63, 3.8) is 0 Å². The van der Waals surface area contributed by atoms with E-state index < -0.39 is 14.7 Å². The molecule has 0 amide bonds. The van der Waals surface area contributed by atoms with Crippen LogP contribution in [0.25, 0.3) is 5.57 Å². The van der Waals surface area contributed by atoms with Crippen molar-refractivity contribution in [3.05, 3.63) is 41.0 Å². The van der Waals surface area contributed by atoms with Gasteiger partial charge >= 0.3 is 42.6 Å². The molecule has 0 spiro atoms.